The topological polar surface area (TPSA) is 59.2 Å². The first-order chi connectivity index (χ1) is 12.9. The number of aromatic nitrogens is 2. The summed E-state index contributed by atoms with van der Waals surface area (Å²) in [7, 11) is 0. The van der Waals surface area contributed by atoms with E-state index >= 15 is 0 Å². The van der Waals surface area contributed by atoms with Crippen LogP contribution in [-0.2, 0) is 0 Å². The van der Waals surface area contributed by atoms with Gasteiger partial charge in [0.25, 0.3) is 5.91 Å². The quantitative estimate of drug-likeness (QED) is 0.642. The molecule has 0 aliphatic rings. The third-order valence-electron chi connectivity index (χ3n) is 4.46. The van der Waals surface area contributed by atoms with Gasteiger partial charge in [0, 0.05) is 30.1 Å². The third-order valence-corrected chi connectivity index (χ3v) is 4.46. The molecule has 3 aromatic rings. The van der Waals surface area contributed by atoms with Crippen molar-refractivity contribution in [1.29, 1.82) is 0 Å². The molecule has 0 fully saturated rings. The maximum atomic E-state index is 13.3. The van der Waals surface area contributed by atoms with Crippen molar-refractivity contribution < 1.29 is 9.32 Å². The number of carbonyl (C=O) groups excluding carboxylic acids is 1. The standard InChI is InChI=1S/C22H25N3O2/c1-14(2)25(15(3)4)22(26)20-12-7-6-11-19(20)17-9-8-10-18(13-17)21-23-16(5)27-24-21/h6-15H,1-5H3. The van der Waals surface area contributed by atoms with Crippen LogP contribution in [0, 0.1) is 6.92 Å². The van der Waals surface area contributed by atoms with E-state index in [2.05, 4.69) is 10.1 Å². The monoisotopic (exact) mass is 363 g/mol. The molecule has 5 heteroatoms. The van der Waals surface area contributed by atoms with Gasteiger partial charge < -0.3 is 9.42 Å². The molecule has 0 unspecified atom stereocenters. The largest absolute Gasteiger partial charge is 0.339 e. The minimum Gasteiger partial charge on any atom is -0.339 e. The summed E-state index contributed by atoms with van der Waals surface area (Å²) in [6.45, 7) is 9.93. The highest BCUT2D eigenvalue weighted by Crippen LogP contribution is 2.29. The number of amides is 1. The van der Waals surface area contributed by atoms with Gasteiger partial charge in [-0.1, -0.05) is 41.6 Å². The molecule has 5 nitrogen and oxygen atoms in total. The minimum atomic E-state index is 0.0383. The van der Waals surface area contributed by atoms with Crippen molar-refractivity contribution in [1.82, 2.24) is 15.0 Å². The van der Waals surface area contributed by atoms with Gasteiger partial charge in [0.05, 0.1) is 0 Å². The lowest BCUT2D eigenvalue weighted by molar-refractivity contribution is 0.0644. The zero-order valence-electron chi connectivity index (χ0n) is 16.4. The lowest BCUT2D eigenvalue weighted by Gasteiger charge is -2.31. The lowest BCUT2D eigenvalue weighted by atomic mass is 9.96. The number of nitrogens with zero attached hydrogens (tertiary/aromatic N) is 3. The van der Waals surface area contributed by atoms with Crippen molar-refractivity contribution in [3.8, 4) is 22.5 Å². The van der Waals surface area contributed by atoms with Crippen LogP contribution >= 0.6 is 0 Å². The molecular formula is C22H25N3O2. The van der Waals surface area contributed by atoms with Crippen molar-refractivity contribution in [3.63, 3.8) is 0 Å². The molecular weight excluding hydrogens is 338 g/mol. The van der Waals surface area contributed by atoms with E-state index < -0.39 is 0 Å². The molecule has 1 aromatic heterocycles. The Hall–Kier alpha value is -2.95. The molecule has 0 saturated carbocycles. The van der Waals surface area contributed by atoms with Crippen LogP contribution in [0.25, 0.3) is 22.5 Å². The van der Waals surface area contributed by atoms with Crippen molar-refractivity contribution in [2.24, 2.45) is 0 Å². The van der Waals surface area contributed by atoms with Crippen LogP contribution < -0.4 is 0 Å². The van der Waals surface area contributed by atoms with E-state index in [1.54, 1.807) is 6.92 Å². The number of aryl methyl sites for hydroxylation is 1. The Kier molecular flexibility index (Phi) is 5.40. The second-order valence-electron chi connectivity index (χ2n) is 7.16. The van der Waals surface area contributed by atoms with E-state index in [4.69, 9.17) is 4.52 Å². The van der Waals surface area contributed by atoms with E-state index in [1.165, 1.54) is 0 Å². The summed E-state index contributed by atoms with van der Waals surface area (Å²) in [6, 6.07) is 15.8. The van der Waals surface area contributed by atoms with Gasteiger partial charge in [-0.25, -0.2) is 0 Å². The van der Waals surface area contributed by atoms with Crippen molar-refractivity contribution in [2.75, 3.05) is 0 Å². The van der Waals surface area contributed by atoms with Crippen molar-refractivity contribution in [2.45, 2.75) is 46.7 Å². The highest BCUT2D eigenvalue weighted by molar-refractivity contribution is 6.01. The zero-order chi connectivity index (χ0) is 19.6. The molecule has 0 atom stereocenters. The lowest BCUT2D eigenvalue weighted by Crippen LogP contribution is -2.42. The number of carbonyl (C=O) groups is 1. The van der Waals surface area contributed by atoms with Crippen LogP contribution in [0.5, 0.6) is 0 Å². The number of rotatable bonds is 5. The molecule has 0 spiro atoms. The van der Waals surface area contributed by atoms with Crippen LogP contribution in [-0.4, -0.2) is 33.0 Å². The van der Waals surface area contributed by atoms with Crippen LogP contribution in [0.15, 0.2) is 53.1 Å². The summed E-state index contributed by atoms with van der Waals surface area (Å²) in [5.74, 6) is 1.11. The molecule has 27 heavy (non-hydrogen) atoms. The maximum Gasteiger partial charge on any atom is 0.254 e. The first-order valence-corrected chi connectivity index (χ1v) is 9.21. The Balaban J connectivity index is 2.05. The molecule has 0 bridgehead atoms. The molecule has 0 aliphatic carbocycles. The highest BCUT2D eigenvalue weighted by atomic mass is 16.5. The van der Waals surface area contributed by atoms with Crippen LogP contribution in [0.3, 0.4) is 0 Å². The van der Waals surface area contributed by atoms with E-state index in [-0.39, 0.29) is 18.0 Å². The van der Waals surface area contributed by atoms with E-state index in [0.29, 0.717) is 17.3 Å². The minimum absolute atomic E-state index is 0.0383. The smallest absolute Gasteiger partial charge is 0.254 e. The van der Waals surface area contributed by atoms with E-state index in [0.717, 1.165) is 16.7 Å². The fourth-order valence-electron chi connectivity index (χ4n) is 3.37. The van der Waals surface area contributed by atoms with Gasteiger partial charge >= 0.3 is 0 Å². The van der Waals surface area contributed by atoms with Crippen molar-refractivity contribution in [3.05, 3.63) is 60.0 Å². The summed E-state index contributed by atoms with van der Waals surface area (Å²) in [5.41, 5.74) is 3.40. The Bertz CT molecular complexity index is 936. The predicted octanol–water partition coefficient (Wildman–Crippen LogP) is 4.97. The average Bonchev–Trinajstić information content (AvgIpc) is 3.07. The first-order valence-electron chi connectivity index (χ1n) is 9.21. The molecule has 140 valence electrons. The Morgan fingerprint density at radius 2 is 1.63 bits per heavy atom. The van der Waals surface area contributed by atoms with Gasteiger partial charge in [0.15, 0.2) is 0 Å². The third kappa shape index (κ3) is 3.92. The SMILES string of the molecule is Cc1nc(-c2cccc(-c3ccccc3C(=O)N(C(C)C)C(C)C)c2)no1. The van der Waals surface area contributed by atoms with Gasteiger partial charge in [0.1, 0.15) is 0 Å². The van der Waals surface area contributed by atoms with Crippen LogP contribution in [0.1, 0.15) is 43.9 Å². The van der Waals surface area contributed by atoms with E-state index in [9.17, 15) is 4.79 Å². The fraction of sp³-hybridized carbons (Fsp3) is 0.318. The summed E-state index contributed by atoms with van der Waals surface area (Å²) in [5, 5.41) is 3.99. The summed E-state index contributed by atoms with van der Waals surface area (Å²) in [4.78, 5) is 19.5. The fourth-order valence-corrected chi connectivity index (χ4v) is 3.37. The normalized spacial score (nSPS) is 11.2. The van der Waals surface area contributed by atoms with Gasteiger partial charge in [-0.15, -0.1) is 0 Å². The molecule has 1 amide bonds. The summed E-state index contributed by atoms with van der Waals surface area (Å²) in [6.07, 6.45) is 0. The van der Waals surface area contributed by atoms with Crippen LogP contribution in [0.4, 0.5) is 0 Å². The van der Waals surface area contributed by atoms with Gasteiger partial charge in [0.2, 0.25) is 11.7 Å². The molecule has 3 rings (SSSR count). The molecule has 0 radical (unpaired) electrons. The van der Waals surface area contributed by atoms with Gasteiger partial charge in [-0.05, 0) is 51.0 Å². The van der Waals surface area contributed by atoms with Crippen LogP contribution in [0.2, 0.25) is 0 Å². The molecule has 0 saturated heterocycles. The molecule has 0 aliphatic heterocycles. The molecule has 2 aromatic carbocycles. The summed E-state index contributed by atoms with van der Waals surface area (Å²) >= 11 is 0. The Morgan fingerprint density at radius 1 is 0.963 bits per heavy atom. The first kappa shape index (κ1) is 18.8. The average molecular weight is 363 g/mol. The number of benzene rings is 2. The number of hydrogen-bond donors (Lipinski definition) is 0. The Labute approximate surface area is 160 Å². The van der Waals surface area contributed by atoms with Crippen molar-refractivity contribution >= 4 is 5.91 Å². The zero-order valence-corrected chi connectivity index (χ0v) is 16.4. The highest BCUT2D eigenvalue weighted by Gasteiger charge is 2.24. The summed E-state index contributed by atoms with van der Waals surface area (Å²) < 4.78 is 5.09. The second-order valence-corrected chi connectivity index (χ2v) is 7.16. The van der Waals surface area contributed by atoms with E-state index in [1.807, 2.05) is 81.1 Å². The maximum absolute atomic E-state index is 13.3. The Morgan fingerprint density at radius 3 is 2.26 bits per heavy atom. The second kappa shape index (κ2) is 7.74. The molecule has 0 N–H and O–H groups in total. The molecule has 1 heterocycles. The predicted molar refractivity (Wildman–Crippen MR) is 106 cm³/mol. The van der Waals surface area contributed by atoms with Gasteiger partial charge in [-0.2, -0.15) is 4.98 Å². The number of hydrogen-bond acceptors (Lipinski definition) is 4. The van der Waals surface area contributed by atoms with Gasteiger partial charge in [-0.3, -0.25) is 4.79 Å².